The van der Waals surface area contributed by atoms with Crippen LogP contribution in [0.5, 0.6) is 5.88 Å². The van der Waals surface area contributed by atoms with Gasteiger partial charge in [-0.05, 0) is 25.0 Å². The molecule has 0 radical (unpaired) electrons. The van der Waals surface area contributed by atoms with Gasteiger partial charge in [0.2, 0.25) is 5.88 Å². The highest BCUT2D eigenvalue weighted by Gasteiger charge is 2.37. The van der Waals surface area contributed by atoms with E-state index in [9.17, 15) is 13.2 Å². The van der Waals surface area contributed by atoms with Crippen molar-refractivity contribution in [2.45, 2.75) is 31.5 Å². The lowest BCUT2D eigenvalue weighted by Crippen LogP contribution is -2.44. The van der Waals surface area contributed by atoms with Crippen molar-refractivity contribution in [2.24, 2.45) is 0 Å². The summed E-state index contributed by atoms with van der Waals surface area (Å²) in [4.78, 5) is 6.21. The average molecular weight is 435 g/mol. The molecule has 0 aromatic carbocycles. The van der Waals surface area contributed by atoms with Crippen LogP contribution in [0.2, 0.25) is 0 Å². The first-order chi connectivity index (χ1) is 15.0. The summed E-state index contributed by atoms with van der Waals surface area (Å²) in [6.45, 7) is 2.81. The second kappa shape index (κ2) is 9.47. The molecule has 0 bridgehead atoms. The van der Waals surface area contributed by atoms with Crippen LogP contribution in [0.15, 0.2) is 60.5 Å². The number of alkyl halides is 3. The number of hydrogen-bond acceptors (Lipinski definition) is 6. The fourth-order valence-electron chi connectivity index (χ4n) is 3.63. The first kappa shape index (κ1) is 21.3. The zero-order chi connectivity index (χ0) is 21.7. The number of nitrogens with one attached hydrogen (secondary N) is 1. The molecule has 6 nitrogen and oxygen atoms in total. The normalized spacial score (nSPS) is 19.8. The molecule has 0 spiro atoms. The Labute approximate surface area is 178 Å². The molecular formula is C22H24F3N3O3. The van der Waals surface area contributed by atoms with Gasteiger partial charge in [0, 0.05) is 32.6 Å². The average Bonchev–Trinajstić information content (AvgIpc) is 2.80. The molecule has 0 amide bonds. The molecule has 31 heavy (non-hydrogen) atoms. The topological polar surface area (TPSA) is 55.9 Å². The van der Waals surface area contributed by atoms with Crippen molar-refractivity contribution in [1.82, 2.24) is 10.3 Å². The number of hydrogen-bond donors (Lipinski definition) is 1. The highest BCUT2D eigenvalue weighted by Crippen LogP contribution is 2.38. The molecule has 1 atom stereocenters. The summed E-state index contributed by atoms with van der Waals surface area (Å²) in [6, 6.07) is 2.43. The fraction of sp³-hybridized carbons (Fsp3) is 0.409. The van der Waals surface area contributed by atoms with E-state index in [0.717, 1.165) is 37.6 Å². The zero-order valence-corrected chi connectivity index (χ0v) is 16.9. The summed E-state index contributed by atoms with van der Waals surface area (Å²) < 4.78 is 57.7. The number of halogens is 3. The van der Waals surface area contributed by atoms with Gasteiger partial charge in [-0.15, -0.1) is 0 Å². The predicted molar refractivity (Wildman–Crippen MR) is 109 cm³/mol. The van der Waals surface area contributed by atoms with E-state index in [-0.39, 0.29) is 0 Å². The maximum absolute atomic E-state index is 13.7. The summed E-state index contributed by atoms with van der Waals surface area (Å²) in [7, 11) is 0. The van der Waals surface area contributed by atoms with Gasteiger partial charge in [-0.2, -0.15) is 18.2 Å². The Morgan fingerprint density at radius 2 is 2.03 bits per heavy atom. The molecule has 1 aliphatic carbocycles. The quantitative estimate of drug-likeness (QED) is 0.720. The molecule has 0 saturated carbocycles. The van der Waals surface area contributed by atoms with Crippen LogP contribution in [-0.4, -0.2) is 37.3 Å². The lowest BCUT2D eigenvalue weighted by Gasteiger charge is -2.30. The maximum atomic E-state index is 13.7. The number of nitrogens with zero attached hydrogens (tertiary/aromatic N) is 2. The molecule has 1 N–H and O–H groups in total. The minimum Gasteiger partial charge on any atom is -0.466 e. The van der Waals surface area contributed by atoms with E-state index in [4.69, 9.17) is 14.2 Å². The molecule has 1 aromatic rings. The SMILES string of the molecule is FC(F)(F)c1ccc(N2CCNCC2)nc1OC(CC1=CC=CCC1)C1=COC=CO1. The van der Waals surface area contributed by atoms with Gasteiger partial charge in [0.05, 0.1) is 0 Å². The van der Waals surface area contributed by atoms with Crippen LogP contribution in [0.3, 0.4) is 0 Å². The molecule has 3 aliphatic rings. The monoisotopic (exact) mass is 435 g/mol. The molecule has 4 rings (SSSR count). The lowest BCUT2D eigenvalue weighted by atomic mass is 9.98. The second-order valence-electron chi connectivity index (χ2n) is 7.41. The molecule has 166 valence electrons. The molecule has 9 heteroatoms. The number of rotatable bonds is 6. The minimum absolute atomic E-state index is 0.292. The van der Waals surface area contributed by atoms with Crippen LogP contribution in [0, 0.1) is 0 Å². The van der Waals surface area contributed by atoms with Gasteiger partial charge < -0.3 is 24.4 Å². The van der Waals surface area contributed by atoms with Crippen molar-refractivity contribution < 1.29 is 27.4 Å². The standard InChI is InChI=1S/C22H24F3N3O3/c23-22(24,25)17-6-7-20(28-10-8-26-9-11-28)27-21(17)31-18(19-15-29-12-13-30-19)14-16-4-2-1-3-5-16/h1-2,4,6-7,12-13,15,18,26H,3,5,8-11,14H2. The summed E-state index contributed by atoms with van der Waals surface area (Å²) in [6.07, 6.45) is 6.59. The van der Waals surface area contributed by atoms with Crippen molar-refractivity contribution in [2.75, 3.05) is 31.1 Å². The van der Waals surface area contributed by atoms with Crippen LogP contribution in [-0.2, 0) is 15.7 Å². The predicted octanol–water partition coefficient (Wildman–Crippen LogP) is 4.28. The van der Waals surface area contributed by atoms with Crippen LogP contribution in [0.1, 0.15) is 24.8 Å². The molecular weight excluding hydrogens is 411 g/mol. The van der Waals surface area contributed by atoms with Gasteiger partial charge >= 0.3 is 6.18 Å². The summed E-state index contributed by atoms with van der Waals surface area (Å²) >= 11 is 0. The van der Waals surface area contributed by atoms with Crippen LogP contribution in [0.25, 0.3) is 0 Å². The summed E-state index contributed by atoms with van der Waals surface area (Å²) in [5.74, 6) is 0.290. The van der Waals surface area contributed by atoms with Gasteiger partial charge in [0.15, 0.2) is 11.9 Å². The van der Waals surface area contributed by atoms with Gasteiger partial charge in [0.25, 0.3) is 0 Å². The van der Waals surface area contributed by atoms with Crippen molar-refractivity contribution in [3.05, 3.63) is 66.0 Å². The smallest absolute Gasteiger partial charge is 0.421 e. The largest absolute Gasteiger partial charge is 0.466 e. The Morgan fingerprint density at radius 1 is 1.19 bits per heavy atom. The third-order valence-electron chi connectivity index (χ3n) is 5.23. The van der Waals surface area contributed by atoms with Gasteiger partial charge in [-0.25, -0.2) is 0 Å². The van der Waals surface area contributed by atoms with E-state index in [2.05, 4.69) is 10.3 Å². The molecule has 1 unspecified atom stereocenters. The van der Waals surface area contributed by atoms with E-state index in [1.165, 1.54) is 24.9 Å². The van der Waals surface area contributed by atoms with Crippen molar-refractivity contribution in [3.8, 4) is 5.88 Å². The van der Waals surface area contributed by atoms with Crippen LogP contribution in [0.4, 0.5) is 19.0 Å². The summed E-state index contributed by atoms with van der Waals surface area (Å²) in [5.41, 5.74) is 0.139. The fourth-order valence-corrected chi connectivity index (χ4v) is 3.63. The number of aromatic nitrogens is 1. The zero-order valence-electron chi connectivity index (χ0n) is 16.9. The van der Waals surface area contributed by atoms with Crippen molar-refractivity contribution in [1.29, 1.82) is 0 Å². The van der Waals surface area contributed by atoms with E-state index < -0.39 is 23.7 Å². The Kier molecular flexibility index (Phi) is 6.50. The Hall–Kier alpha value is -2.94. The Balaban J connectivity index is 1.65. The van der Waals surface area contributed by atoms with Gasteiger partial charge in [-0.1, -0.05) is 23.8 Å². The minimum atomic E-state index is -4.60. The molecule has 3 heterocycles. The number of ether oxygens (including phenoxy) is 3. The van der Waals surface area contributed by atoms with E-state index in [0.29, 0.717) is 31.1 Å². The number of anilines is 1. The third-order valence-corrected chi connectivity index (χ3v) is 5.23. The number of allylic oxidation sites excluding steroid dienone is 3. The summed E-state index contributed by atoms with van der Waals surface area (Å²) in [5, 5.41) is 3.22. The molecule has 1 saturated heterocycles. The van der Waals surface area contributed by atoms with E-state index >= 15 is 0 Å². The molecule has 2 aliphatic heterocycles. The lowest BCUT2D eigenvalue weighted by molar-refractivity contribution is -0.139. The van der Waals surface area contributed by atoms with E-state index in [1.54, 1.807) is 0 Å². The van der Waals surface area contributed by atoms with Crippen molar-refractivity contribution >= 4 is 5.82 Å². The highest BCUT2D eigenvalue weighted by molar-refractivity contribution is 5.45. The van der Waals surface area contributed by atoms with Crippen LogP contribution < -0.4 is 15.0 Å². The van der Waals surface area contributed by atoms with E-state index in [1.807, 2.05) is 23.1 Å². The molecule has 1 fully saturated rings. The second-order valence-corrected chi connectivity index (χ2v) is 7.41. The van der Waals surface area contributed by atoms with Crippen molar-refractivity contribution in [3.63, 3.8) is 0 Å². The Bertz CT molecular complexity index is 903. The highest BCUT2D eigenvalue weighted by atomic mass is 19.4. The van der Waals surface area contributed by atoms with Gasteiger partial charge in [-0.3, -0.25) is 0 Å². The number of pyridine rings is 1. The van der Waals surface area contributed by atoms with Gasteiger partial charge in [0.1, 0.15) is 30.2 Å². The Morgan fingerprint density at radius 3 is 2.71 bits per heavy atom. The van der Waals surface area contributed by atoms with Crippen LogP contribution >= 0.6 is 0 Å². The first-order valence-corrected chi connectivity index (χ1v) is 10.2. The number of piperazine rings is 1. The first-order valence-electron chi connectivity index (χ1n) is 10.2. The maximum Gasteiger partial charge on any atom is 0.421 e. The third kappa shape index (κ3) is 5.41. The molecule has 1 aromatic heterocycles.